The second-order valence-corrected chi connectivity index (χ2v) is 15.3. The molecule has 5 amide bonds. The third-order valence-corrected chi connectivity index (χ3v) is 11.7. The predicted octanol–water partition coefficient (Wildman–Crippen LogP) is 3.28. The van der Waals surface area contributed by atoms with E-state index in [1.165, 1.54) is 6.07 Å². The number of hydrogen-bond donors (Lipinski definition) is 1. The van der Waals surface area contributed by atoms with Gasteiger partial charge in [-0.15, -0.1) is 0 Å². The van der Waals surface area contributed by atoms with Crippen LogP contribution in [-0.2, 0) is 28.0 Å². The van der Waals surface area contributed by atoms with Crippen molar-refractivity contribution in [1.82, 2.24) is 29.6 Å². The highest BCUT2D eigenvalue weighted by molar-refractivity contribution is 6.23. The first-order valence-corrected chi connectivity index (χ1v) is 19.0. The van der Waals surface area contributed by atoms with Gasteiger partial charge in [0.25, 0.3) is 17.4 Å². The third kappa shape index (κ3) is 6.92. The highest BCUT2D eigenvalue weighted by Crippen LogP contribution is 2.43. The smallest absolute Gasteiger partial charge is 0.262 e. The number of likely N-dealkylation sites (tertiary alicyclic amines) is 2. The molecule has 4 aromatic rings. The van der Waals surface area contributed by atoms with Crippen LogP contribution in [0.1, 0.15) is 70.4 Å². The third-order valence-electron chi connectivity index (χ3n) is 11.7. The van der Waals surface area contributed by atoms with Crippen molar-refractivity contribution in [3.05, 3.63) is 87.6 Å². The predicted molar refractivity (Wildman–Crippen MR) is 208 cm³/mol. The number of pyridine rings is 2. The number of methoxy groups -OCH3 is 2. The lowest BCUT2D eigenvalue weighted by Crippen LogP contribution is -2.61. The summed E-state index contributed by atoms with van der Waals surface area (Å²) in [4.78, 5) is 85.2. The Balaban J connectivity index is 0.841. The second kappa shape index (κ2) is 15.0. The van der Waals surface area contributed by atoms with Crippen molar-refractivity contribution in [2.75, 3.05) is 40.4 Å². The van der Waals surface area contributed by atoms with E-state index in [0.717, 1.165) is 66.0 Å². The molecule has 1 atom stereocenters. The van der Waals surface area contributed by atoms with Crippen molar-refractivity contribution in [3.8, 4) is 34.5 Å². The summed E-state index contributed by atoms with van der Waals surface area (Å²) in [7, 11) is 5.04. The largest absolute Gasteiger partial charge is 0.496 e. The first kappa shape index (κ1) is 37.6. The molecule has 14 nitrogen and oxygen atoms in total. The molecule has 8 rings (SSSR count). The number of aromatic nitrogens is 2. The standard InChI is InChI=1S/C43H42N6O8/c1-46-22-32(28-12-15-44-21-31(28)40(46)53)27-19-35(56-2)33(36(20-27)57-3)23-47-16-13-43(14-17-47)24-48(25-43)38(51)7-5-4-6-26-8-9-29-30(18-26)42(55)49(41(29)54)34-10-11-37(50)45-39(34)52/h8-9,12,15,18-22,34H,5,7,10-11,13-14,16-17,23-25H2,1-3H3,(H,45,50,52). The SMILES string of the molecule is COc1cc(-c2cn(C)c(=O)c3cnccc23)cc(OC)c1CN1CCC2(CC1)CN(C(=O)CCC#Cc1ccc3c(c1)C(=O)N(C1CCC(=O)NC1=O)C3=O)C2. The number of nitrogens with one attached hydrogen (secondary N) is 1. The Kier molecular flexibility index (Phi) is 9.87. The molecule has 0 radical (unpaired) electrons. The fraction of sp³-hybridized carbons (Fsp3) is 0.372. The van der Waals surface area contributed by atoms with Gasteiger partial charge >= 0.3 is 0 Å². The number of carbonyl (C=O) groups is 5. The summed E-state index contributed by atoms with van der Waals surface area (Å²) >= 11 is 0. The van der Waals surface area contributed by atoms with Crippen LogP contribution in [0.5, 0.6) is 11.5 Å². The zero-order valence-electron chi connectivity index (χ0n) is 32.1. The fourth-order valence-electron chi connectivity index (χ4n) is 8.54. The van der Waals surface area contributed by atoms with Crippen molar-refractivity contribution in [1.29, 1.82) is 0 Å². The number of nitrogens with zero attached hydrogens (tertiary/aromatic N) is 5. The van der Waals surface area contributed by atoms with Gasteiger partial charge in [0.05, 0.1) is 36.3 Å². The van der Waals surface area contributed by atoms with Crippen LogP contribution < -0.4 is 20.3 Å². The Morgan fingerprint density at radius 1 is 0.930 bits per heavy atom. The normalized spacial score (nSPS) is 18.9. The monoisotopic (exact) mass is 770 g/mol. The second-order valence-electron chi connectivity index (χ2n) is 15.3. The molecular formula is C43H42N6O8. The van der Waals surface area contributed by atoms with E-state index in [2.05, 4.69) is 27.0 Å². The zero-order valence-corrected chi connectivity index (χ0v) is 32.1. The molecule has 1 N–H and O–H groups in total. The lowest BCUT2D eigenvalue weighted by atomic mass is 9.72. The Labute approximate surface area is 328 Å². The Morgan fingerprint density at radius 3 is 2.35 bits per heavy atom. The van der Waals surface area contributed by atoms with Gasteiger partial charge in [-0.1, -0.05) is 11.8 Å². The molecule has 14 heteroatoms. The van der Waals surface area contributed by atoms with Gasteiger partial charge in [0.15, 0.2) is 0 Å². The van der Waals surface area contributed by atoms with E-state index in [1.54, 1.807) is 50.4 Å². The number of fused-ring (bicyclic) bond motifs is 2. The van der Waals surface area contributed by atoms with Gasteiger partial charge in [-0.3, -0.25) is 48.9 Å². The minimum absolute atomic E-state index is 0.0538. The molecule has 57 heavy (non-hydrogen) atoms. The molecule has 3 fully saturated rings. The lowest BCUT2D eigenvalue weighted by Gasteiger charge is -2.54. The van der Waals surface area contributed by atoms with Gasteiger partial charge in [-0.05, 0) is 79.7 Å². The Morgan fingerprint density at radius 2 is 1.65 bits per heavy atom. The van der Waals surface area contributed by atoms with E-state index in [1.807, 2.05) is 29.3 Å². The molecule has 292 valence electrons. The summed E-state index contributed by atoms with van der Waals surface area (Å²) in [6.07, 6.45) is 7.82. The topological polar surface area (TPSA) is 160 Å². The number of benzene rings is 2. The van der Waals surface area contributed by atoms with Crippen LogP contribution in [0, 0.1) is 17.3 Å². The van der Waals surface area contributed by atoms with E-state index in [4.69, 9.17) is 9.47 Å². The van der Waals surface area contributed by atoms with E-state index >= 15 is 0 Å². The van der Waals surface area contributed by atoms with Gasteiger partial charge in [0, 0.05) is 81.1 Å². The summed E-state index contributed by atoms with van der Waals surface area (Å²) in [6.45, 7) is 3.85. The molecule has 3 saturated heterocycles. The number of amides is 5. The fourth-order valence-corrected chi connectivity index (χ4v) is 8.54. The van der Waals surface area contributed by atoms with Gasteiger partial charge in [0.1, 0.15) is 17.5 Å². The summed E-state index contributed by atoms with van der Waals surface area (Å²) in [5, 5.41) is 3.55. The minimum Gasteiger partial charge on any atom is -0.496 e. The highest BCUT2D eigenvalue weighted by atomic mass is 16.5. The molecular weight excluding hydrogens is 729 g/mol. The first-order valence-electron chi connectivity index (χ1n) is 19.0. The van der Waals surface area contributed by atoms with Crippen LogP contribution in [0.4, 0.5) is 0 Å². The molecule has 2 aromatic heterocycles. The molecule has 0 saturated carbocycles. The maximum Gasteiger partial charge on any atom is 0.262 e. The lowest BCUT2D eigenvalue weighted by molar-refractivity contribution is -0.146. The highest BCUT2D eigenvalue weighted by Gasteiger charge is 2.47. The molecule has 2 aromatic carbocycles. The molecule has 1 spiro atoms. The van der Waals surface area contributed by atoms with Gasteiger partial charge < -0.3 is 18.9 Å². The molecule has 0 bridgehead atoms. The summed E-state index contributed by atoms with van der Waals surface area (Å²) in [5.41, 5.74) is 3.60. The van der Waals surface area contributed by atoms with Crippen molar-refractivity contribution in [3.63, 3.8) is 0 Å². The van der Waals surface area contributed by atoms with E-state index < -0.39 is 29.7 Å². The maximum absolute atomic E-state index is 13.1. The van der Waals surface area contributed by atoms with E-state index in [-0.39, 0.29) is 47.3 Å². The average Bonchev–Trinajstić information content (AvgIpc) is 3.45. The van der Waals surface area contributed by atoms with Gasteiger partial charge in [0.2, 0.25) is 17.7 Å². The van der Waals surface area contributed by atoms with Crippen LogP contribution in [0.3, 0.4) is 0 Å². The Hall–Kier alpha value is -6.33. The molecule has 4 aliphatic heterocycles. The minimum atomic E-state index is -1.03. The van der Waals surface area contributed by atoms with E-state index in [0.29, 0.717) is 35.4 Å². The van der Waals surface area contributed by atoms with Crippen molar-refractivity contribution in [2.45, 2.75) is 51.1 Å². The zero-order chi connectivity index (χ0) is 40.0. The number of piperidine rings is 2. The van der Waals surface area contributed by atoms with Crippen LogP contribution >= 0.6 is 0 Å². The summed E-state index contributed by atoms with van der Waals surface area (Å²) in [5.74, 6) is 5.29. The number of ether oxygens (including phenoxy) is 2. The first-order chi connectivity index (χ1) is 27.5. The molecule has 0 aliphatic carbocycles. The number of aryl methyl sites for hydroxylation is 1. The van der Waals surface area contributed by atoms with Crippen molar-refractivity contribution >= 4 is 40.3 Å². The van der Waals surface area contributed by atoms with Gasteiger partial charge in [-0.2, -0.15) is 0 Å². The quantitative estimate of drug-likeness (QED) is 0.208. The Bertz CT molecular complexity index is 2460. The van der Waals surface area contributed by atoms with Crippen LogP contribution in [-0.4, -0.2) is 100 Å². The maximum atomic E-state index is 13.1. The van der Waals surface area contributed by atoms with Gasteiger partial charge in [-0.25, -0.2) is 0 Å². The molecule has 4 aliphatic rings. The number of carbonyl (C=O) groups excluding carboxylic acids is 5. The number of imide groups is 2. The van der Waals surface area contributed by atoms with Crippen LogP contribution in [0.2, 0.25) is 0 Å². The van der Waals surface area contributed by atoms with Crippen LogP contribution in [0.15, 0.2) is 59.8 Å². The van der Waals surface area contributed by atoms with Crippen molar-refractivity contribution in [2.24, 2.45) is 12.5 Å². The summed E-state index contributed by atoms with van der Waals surface area (Å²) < 4.78 is 13.4. The van der Waals surface area contributed by atoms with E-state index in [9.17, 15) is 28.8 Å². The molecule has 1 unspecified atom stereocenters. The van der Waals surface area contributed by atoms with Crippen molar-refractivity contribution < 1.29 is 33.4 Å². The number of rotatable bonds is 8. The van der Waals surface area contributed by atoms with Crippen LogP contribution in [0.25, 0.3) is 21.9 Å². The average molecular weight is 771 g/mol. The summed E-state index contributed by atoms with van der Waals surface area (Å²) in [6, 6.07) is 9.53. The molecule has 6 heterocycles. The number of hydrogen-bond acceptors (Lipinski definition) is 10.